The highest BCUT2D eigenvalue weighted by atomic mass is 16.4. The molecule has 0 fully saturated rings. The van der Waals surface area contributed by atoms with Crippen LogP contribution in [0.25, 0.3) is 0 Å². The first-order valence-corrected chi connectivity index (χ1v) is 2.69. The van der Waals surface area contributed by atoms with Gasteiger partial charge < -0.3 is 10.4 Å². The second kappa shape index (κ2) is 5.83. The smallest absolute Gasteiger partial charge is 0.305 e. The first-order chi connectivity index (χ1) is 4.77. The summed E-state index contributed by atoms with van der Waals surface area (Å²) in [6, 6.07) is 0. The Kier molecular flexibility index (Phi) is 5.07. The summed E-state index contributed by atoms with van der Waals surface area (Å²) in [6.45, 7) is 0.348. The molecule has 0 aliphatic carbocycles. The van der Waals surface area contributed by atoms with E-state index in [1.54, 1.807) is 0 Å². The fourth-order valence-electron chi connectivity index (χ4n) is 0.327. The van der Waals surface area contributed by atoms with Crippen molar-refractivity contribution < 1.29 is 9.90 Å². The van der Waals surface area contributed by atoms with Crippen molar-refractivity contribution in [1.29, 1.82) is 0 Å². The molecular weight excluding hydrogens is 136 g/mol. The summed E-state index contributed by atoms with van der Waals surface area (Å²) in [5.41, 5.74) is 2.02. The molecule has 0 unspecified atom stereocenters. The third kappa shape index (κ3) is 6.70. The summed E-state index contributed by atoms with van der Waals surface area (Å²) in [5, 5.41) is 14.1. The zero-order valence-corrected chi connectivity index (χ0v) is 5.37. The molecule has 0 aromatic carbocycles. The largest absolute Gasteiger partial charge is 0.481 e. The number of carbonyl (C=O) groups is 1. The van der Waals surface area contributed by atoms with E-state index in [9.17, 15) is 4.79 Å². The molecule has 0 saturated carbocycles. The third-order valence-corrected chi connectivity index (χ3v) is 0.714. The van der Waals surface area contributed by atoms with Gasteiger partial charge in [-0.2, -0.15) is 5.10 Å². The average Bonchev–Trinajstić information content (AvgIpc) is 1.87. The Hall–Kier alpha value is -1.30. The molecule has 0 aliphatic heterocycles. The standard InChI is InChI=1S/C4H10N4O2/c5-8-7-3-6-2-1-4(9)10/h3,8H,1-2,5H2,(H,6,7)(H,9,10). The van der Waals surface area contributed by atoms with Crippen LogP contribution in [0, 0.1) is 0 Å². The van der Waals surface area contributed by atoms with Crippen LogP contribution in [0.5, 0.6) is 0 Å². The van der Waals surface area contributed by atoms with Crippen molar-refractivity contribution in [2.75, 3.05) is 6.54 Å². The minimum atomic E-state index is -0.846. The van der Waals surface area contributed by atoms with Crippen molar-refractivity contribution >= 4 is 12.3 Å². The van der Waals surface area contributed by atoms with Crippen molar-refractivity contribution in [3.8, 4) is 0 Å². The molecule has 0 aliphatic rings. The number of hydrazine groups is 1. The van der Waals surface area contributed by atoms with Crippen LogP contribution in [-0.4, -0.2) is 24.0 Å². The predicted octanol–water partition coefficient (Wildman–Crippen LogP) is -1.54. The molecule has 0 spiro atoms. The van der Waals surface area contributed by atoms with E-state index in [0.717, 1.165) is 0 Å². The molecule has 0 amide bonds. The lowest BCUT2D eigenvalue weighted by atomic mass is 10.4. The van der Waals surface area contributed by atoms with Crippen molar-refractivity contribution in [2.24, 2.45) is 10.9 Å². The Bertz CT molecular complexity index is 124. The van der Waals surface area contributed by atoms with Crippen molar-refractivity contribution in [1.82, 2.24) is 10.9 Å². The number of nitrogens with zero attached hydrogens (tertiary/aromatic N) is 1. The Labute approximate surface area is 58.1 Å². The maximum atomic E-state index is 9.91. The van der Waals surface area contributed by atoms with E-state index in [0.29, 0.717) is 6.54 Å². The number of hydrogen-bond acceptors (Lipinski definition) is 4. The number of rotatable bonds is 5. The van der Waals surface area contributed by atoms with Crippen LogP contribution in [0.2, 0.25) is 0 Å². The first kappa shape index (κ1) is 8.70. The predicted molar refractivity (Wildman–Crippen MR) is 36.1 cm³/mol. The highest BCUT2D eigenvalue weighted by Crippen LogP contribution is 1.71. The molecule has 0 aromatic heterocycles. The second-order valence-electron chi connectivity index (χ2n) is 1.49. The van der Waals surface area contributed by atoms with E-state index >= 15 is 0 Å². The number of carboxylic acid groups (broad SMARTS) is 1. The van der Waals surface area contributed by atoms with Crippen LogP contribution in [0.1, 0.15) is 6.42 Å². The van der Waals surface area contributed by atoms with E-state index in [1.807, 2.05) is 5.53 Å². The molecule has 0 radical (unpaired) electrons. The van der Waals surface area contributed by atoms with Crippen LogP contribution < -0.4 is 16.7 Å². The summed E-state index contributed by atoms with van der Waals surface area (Å²) < 4.78 is 0. The molecule has 0 atom stereocenters. The Morgan fingerprint density at radius 3 is 3.00 bits per heavy atom. The van der Waals surface area contributed by atoms with Crippen LogP contribution in [0.4, 0.5) is 0 Å². The molecule has 0 rings (SSSR count). The third-order valence-electron chi connectivity index (χ3n) is 0.714. The summed E-state index contributed by atoms with van der Waals surface area (Å²) in [4.78, 5) is 9.91. The van der Waals surface area contributed by atoms with E-state index < -0.39 is 5.97 Å². The molecule has 58 valence electrons. The molecule has 6 heteroatoms. The van der Waals surface area contributed by atoms with Gasteiger partial charge in [0.25, 0.3) is 0 Å². The highest BCUT2D eigenvalue weighted by Gasteiger charge is 1.91. The zero-order chi connectivity index (χ0) is 7.82. The van der Waals surface area contributed by atoms with Crippen molar-refractivity contribution in [3.63, 3.8) is 0 Å². The van der Waals surface area contributed by atoms with Crippen LogP contribution in [0.15, 0.2) is 5.10 Å². The number of aliphatic carboxylic acids is 1. The highest BCUT2D eigenvalue weighted by molar-refractivity contribution is 5.67. The van der Waals surface area contributed by atoms with Crippen molar-refractivity contribution in [3.05, 3.63) is 0 Å². The van der Waals surface area contributed by atoms with Gasteiger partial charge in [0.2, 0.25) is 0 Å². The van der Waals surface area contributed by atoms with Crippen LogP contribution >= 0.6 is 0 Å². The molecule has 10 heavy (non-hydrogen) atoms. The lowest BCUT2D eigenvalue weighted by Gasteiger charge is -1.94. The molecule has 0 bridgehead atoms. The van der Waals surface area contributed by atoms with Gasteiger partial charge in [-0.25, -0.2) is 11.4 Å². The number of hydrogen-bond donors (Lipinski definition) is 4. The SMILES string of the molecule is NNN=CNCCC(=O)O. The number of nitrogens with two attached hydrogens (primary N) is 1. The Morgan fingerprint density at radius 2 is 2.50 bits per heavy atom. The molecule has 0 heterocycles. The number of hydrazone groups is 1. The normalized spacial score (nSPS) is 9.70. The van der Waals surface area contributed by atoms with Crippen LogP contribution in [0.3, 0.4) is 0 Å². The van der Waals surface area contributed by atoms with E-state index in [2.05, 4.69) is 10.4 Å². The van der Waals surface area contributed by atoms with Gasteiger partial charge in [-0.1, -0.05) is 0 Å². The summed E-state index contributed by atoms with van der Waals surface area (Å²) in [7, 11) is 0. The molecular formula is C4H10N4O2. The topological polar surface area (TPSA) is 99.7 Å². The van der Waals surface area contributed by atoms with E-state index in [1.165, 1.54) is 6.34 Å². The van der Waals surface area contributed by atoms with Crippen molar-refractivity contribution in [2.45, 2.75) is 6.42 Å². The monoisotopic (exact) mass is 146 g/mol. The Balaban J connectivity index is 3.05. The summed E-state index contributed by atoms with van der Waals surface area (Å²) >= 11 is 0. The van der Waals surface area contributed by atoms with E-state index in [4.69, 9.17) is 10.9 Å². The van der Waals surface area contributed by atoms with Gasteiger partial charge in [0, 0.05) is 6.54 Å². The fraction of sp³-hybridized carbons (Fsp3) is 0.500. The molecule has 6 nitrogen and oxygen atoms in total. The zero-order valence-electron chi connectivity index (χ0n) is 5.37. The van der Waals surface area contributed by atoms with E-state index in [-0.39, 0.29) is 6.42 Å². The molecule has 0 saturated heterocycles. The minimum absolute atomic E-state index is 0.0661. The maximum Gasteiger partial charge on any atom is 0.305 e. The van der Waals surface area contributed by atoms with Crippen LogP contribution in [-0.2, 0) is 4.79 Å². The number of nitrogens with one attached hydrogen (secondary N) is 2. The van der Waals surface area contributed by atoms with Gasteiger partial charge >= 0.3 is 5.97 Å². The number of carboxylic acids is 1. The lowest BCUT2D eigenvalue weighted by molar-refractivity contribution is -0.136. The fourth-order valence-corrected chi connectivity index (χ4v) is 0.327. The average molecular weight is 146 g/mol. The second-order valence-corrected chi connectivity index (χ2v) is 1.49. The van der Waals surface area contributed by atoms with Gasteiger partial charge in [0.1, 0.15) is 6.34 Å². The maximum absolute atomic E-state index is 9.91. The Morgan fingerprint density at radius 1 is 1.80 bits per heavy atom. The lowest BCUT2D eigenvalue weighted by Crippen LogP contribution is -2.20. The van der Waals surface area contributed by atoms with Gasteiger partial charge in [-0.05, 0) is 0 Å². The van der Waals surface area contributed by atoms with Gasteiger partial charge in [-0.15, -0.1) is 0 Å². The van der Waals surface area contributed by atoms with Gasteiger partial charge in [0.05, 0.1) is 6.42 Å². The molecule has 0 aromatic rings. The summed E-state index contributed by atoms with van der Waals surface area (Å²) in [6.07, 6.45) is 1.36. The minimum Gasteiger partial charge on any atom is -0.481 e. The quantitative estimate of drug-likeness (QED) is 0.124. The summed E-state index contributed by atoms with van der Waals surface area (Å²) in [5.74, 6) is 3.92. The van der Waals surface area contributed by atoms with Gasteiger partial charge in [0.15, 0.2) is 0 Å². The van der Waals surface area contributed by atoms with Gasteiger partial charge in [-0.3, -0.25) is 4.79 Å². The molecule has 5 N–H and O–H groups in total. The first-order valence-electron chi connectivity index (χ1n) is 2.69.